The summed E-state index contributed by atoms with van der Waals surface area (Å²) in [5, 5.41) is 2.62. The third kappa shape index (κ3) is 4.61. The summed E-state index contributed by atoms with van der Waals surface area (Å²) in [6.45, 7) is 8.38. The predicted octanol–water partition coefficient (Wildman–Crippen LogP) is 1.77. The summed E-state index contributed by atoms with van der Waals surface area (Å²) in [6.07, 6.45) is 1.06. The molecule has 1 heterocycles. The van der Waals surface area contributed by atoms with Crippen molar-refractivity contribution < 1.29 is 14.5 Å². The first-order valence-corrected chi connectivity index (χ1v) is 9.19. The standard InChI is InChI=1S/C21H29N3O2/c1-6-11-24-15(2)12-19(16(24)3)20(25)14-23(5)13-17-7-9-18(10-8-17)21(26)22-4/h7-10,12H,6,11,13-14H2,1-5H3,(H,22,26)/p+1. The minimum Gasteiger partial charge on any atom is -0.355 e. The van der Waals surface area contributed by atoms with E-state index >= 15 is 0 Å². The zero-order valence-corrected chi connectivity index (χ0v) is 16.5. The minimum absolute atomic E-state index is 0.0881. The molecular formula is C21H30N3O2+. The Kier molecular flexibility index (Phi) is 6.75. The van der Waals surface area contributed by atoms with Crippen LogP contribution in [-0.4, -0.2) is 36.9 Å². The normalized spacial score (nSPS) is 12.0. The molecule has 26 heavy (non-hydrogen) atoms. The summed E-state index contributed by atoms with van der Waals surface area (Å²) >= 11 is 0. The lowest BCUT2D eigenvalue weighted by atomic mass is 10.1. The van der Waals surface area contributed by atoms with E-state index in [0.717, 1.165) is 46.9 Å². The van der Waals surface area contributed by atoms with Crippen molar-refractivity contribution in [1.82, 2.24) is 9.88 Å². The fourth-order valence-corrected chi connectivity index (χ4v) is 3.35. The Morgan fingerprint density at radius 3 is 2.38 bits per heavy atom. The van der Waals surface area contributed by atoms with Crippen LogP contribution in [0.25, 0.3) is 0 Å². The Morgan fingerprint density at radius 2 is 1.81 bits per heavy atom. The van der Waals surface area contributed by atoms with Crippen molar-refractivity contribution in [3.05, 3.63) is 58.4 Å². The van der Waals surface area contributed by atoms with Crippen LogP contribution in [0.5, 0.6) is 0 Å². The molecule has 0 saturated heterocycles. The Balaban J connectivity index is 2.01. The molecule has 0 spiro atoms. The zero-order chi connectivity index (χ0) is 19.3. The van der Waals surface area contributed by atoms with Gasteiger partial charge in [0.25, 0.3) is 5.91 Å². The first-order chi connectivity index (χ1) is 12.4. The van der Waals surface area contributed by atoms with E-state index in [2.05, 4.69) is 23.7 Å². The van der Waals surface area contributed by atoms with Gasteiger partial charge in [0.2, 0.25) is 5.78 Å². The van der Waals surface area contributed by atoms with E-state index in [1.807, 2.05) is 44.3 Å². The lowest BCUT2D eigenvalue weighted by molar-refractivity contribution is -0.884. The SMILES string of the molecule is CCCn1c(C)cc(C(=O)C[NH+](C)Cc2ccc(C(=O)NC)cc2)c1C. The van der Waals surface area contributed by atoms with Crippen molar-refractivity contribution in [2.45, 2.75) is 40.3 Å². The second-order valence-corrected chi connectivity index (χ2v) is 6.95. The van der Waals surface area contributed by atoms with E-state index in [-0.39, 0.29) is 11.7 Å². The van der Waals surface area contributed by atoms with Gasteiger partial charge in [0.1, 0.15) is 13.1 Å². The Labute approximate surface area is 156 Å². The van der Waals surface area contributed by atoms with Gasteiger partial charge in [0.15, 0.2) is 0 Å². The van der Waals surface area contributed by atoms with Crippen LogP contribution in [0.2, 0.25) is 0 Å². The largest absolute Gasteiger partial charge is 0.355 e. The fourth-order valence-electron chi connectivity index (χ4n) is 3.35. The smallest absolute Gasteiger partial charge is 0.251 e. The minimum atomic E-state index is -0.0881. The van der Waals surface area contributed by atoms with Gasteiger partial charge in [-0.3, -0.25) is 9.59 Å². The van der Waals surface area contributed by atoms with Crippen LogP contribution in [0.15, 0.2) is 30.3 Å². The molecule has 0 radical (unpaired) electrons. The van der Waals surface area contributed by atoms with Gasteiger partial charge in [-0.1, -0.05) is 19.1 Å². The number of benzene rings is 1. The quantitative estimate of drug-likeness (QED) is 0.709. The van der Waals surface area contributed by atoms with Gasteiger partial charge in [-0.15, -0.1) is 0 Å². The lowest BCUT2D eigenvalue weighted by Crippen LogP contribution is -3.08. The summed E-state index contributed by atoms with van der Waals surface area (Å²) in [6, 6.07) is 9.55. The van der Waals surface area contributed by atoms with Crippen molar-refractivity contribution in [2.75, 3.05) is 20.6 Å². The fraction of sp³-hybridized carbons (Fsp3) is 0.429. The molecule has 140 valence electrons. The maximum atomic E-state index is 12.7. The number of quaternary nitrogens is 1. The number of amides is 1. The number of hydrogen-bond donors (Lipinski definition) is 2. The van der Waals surface area contributed by atoms with Crippen molar-refractivity contribution >= 4 is 11.7 Å². The van der Waals surface area contributed by atoms with Gasteiger partial charge < -0.3 is 14.8 Å². The number of hydrogen-bond acceptors (Lipinski definition) is 2. The molecule has 0 saturated carbocycles. The molecule has 2 rings (SSSR count). The second kappa shape index (κ2) is 8.81. The maximum absolute atomic E-state index is 12.7. The van der Waals surface area contributed by atoms with Crippen molar-refractivity contribution in [2.24, 2.45) is 0 Å². The van der Waals surface area contributed by atoms with Gasteiger partial charge in [-0.05, 0) is 38.5 Å². The monoisotopic (exact) mass is 356 g/mol. The molecule has 1 aromatic carbocycles. The number of aromatic nitrogens is 1. The van der Waals surface area contributed by atoms with Crippen molar-refractivity contribution in [3.8, 4) is 0 Å². The molecular weight excluding hydrogens is 326 g/mol. The first-order valence-electron chi connectivity index (χ1n) is 9.19. The number of carbonyl (C=O) groups excluding carboxylic acids is 2. The lowest BCUT2D eigenvalue weighted by Gasteiger charge is -2.14. The number of likely N-dealkylation sites (N-methyl/N-ethyl adjacent to an activating group) is 1. The molecule has 0 bridgehead atoms. The average molecular weight is 356 g/mol. The third-order valence-electron chi connectivity index (χ3n) is 4.73. The van der Waals surface area contributed by atoms with E-state index in [1.165, 1.54) is 0 Å². The number of ketones is 1. The first kappa shape index (κ1) is 19.9. The van der Waals surface area contributed by atoms with Crippen molar-refractivity contribution in [1.29, 1.82) is 0 Å². The maximum Gasteiger partial charge on any atom is 0.251 e. The van der Waals surface area contributed by atoms with E-state index in [1.54, 1.807) is 7.05 Å². The average Bonchev–Trinajstić information content (AvgIpc) is 2.90. The highest BCUT2D eigenvalue weighted by atomic mass is 16.1. The molecule has 1 atom stereocenters. The molecule has 0 fully saturated rings. The van der Waals surface area contributed by atoms with E-state index in [0.29, 0.717) is 12.1 Å². The van der Waals surface area contributed by atoms with Crippen LogP contribution in [-0.2, 0) is 13.1 Å². The van der Waals surface area contributed by atoms with Crippen LogP contribution in [0.1, 0.15) is 51.0 Å². The number of nitrogens with one attached hydrogen (secondary N) is 2. The zero-order valence-electron chi connectivity index (χ0n) is 16.5. The highest BCUT2D eigenvalue weighted by molar-refractivity contribution is 5.98. The molecule has 2 N–H and O–H groups in total. The molecule has 5 nitrogen and oxygen atoms in total. The molecule has 0 aliphatic carbocycles. The molecule has 0 aliphatic heterocycles. The Bertz CT molecular complexity index is 775. The Morgan fingerprint density at radius 1 is 1.15 bits per heavy atom. The van der Waals surface area contributed by atoms with Crippen LogP contribution >= 0.6 is 0 Å². The van der Waals surface area contributed by atoms with Crippen LogP contribution in [0, 0.1) is 13.8 Å². The summed E-state index contributed by atoms with van der Waals surface area (Å²) in [5.41, 5.74) is 4.81. The summed E-state index contributed by atoms with van der Waals surface area (Å²) < 4.78 is 2.22. The molecule has 1 unspecified atom stereocenters. The van der Waals surface area contributed by atoms with E-state index < -0.39 is 0 Å². The molecule has 2 aromatic rings. The number of Topliss-reactive ketones (excluding diaryl/α,β-unsaturated/α-hetero) is 1. The molecule has 0 aliphatic rings. The molecule has 1 aromatic heterocycles. The topological polar surface area (TPSA) is 55.5 Å². The highest BCUT2D eigenvalue weighted by Crippen LogP contribution is 2.16. The molecule has 1 amide bonds. The predicted molar refractivity (Wildman–Crippen MR) is 104 cm³/mol. The molecule has 5 heteroatoms. The van der Waals surface area contributed by atoms with Crippen molar-refractivity contribution in [3.63, 3.8) is 0 Å². The van der Waals surface area contributed by atoms with Crippen LogP contribution in [0.3, 0.4) is 0 Å². The summed E-state index contributed by atoms with van der Waals surface area (Å²) in [4.78, 5) is 25.5. The number of rotatable bonds is 8. The van der Waals surface area contributed by atoms with Crippen LogP contribution < -0.4 is 10.2 Å². The second-order valence-electron chi connectivity index (χ2n) is 6.95. The highest BCUT2D eigenvalue weighted by Gasteiger charge is 2.19. The summed E-state index contributed by atoms with van der Waals surface area (Å²) in [7, 11) is 3.65. The van der Waals surface area contributed by atoms with Gasteiger partial charge in [-0.25, -0.2) is 0 Å². The van der Waals surface area contributed by atoms with Crippen LogP contribution in [0.4, 0.5) is 0 Å². The van der Waals surface area contributed by atoms with E-state index in [9.17, 15) is 9.59 Å². The van der Waals surface area contributed by atoms with Gasteiger partial charge in [0, 0.05) is 41.7 Å². The third-order valence-corrected chi connectivity index (χ3v) is 4.73. The van der Waals surface area contributed by atoms with Gasteiger partial charge >= 0.3 is 0 Å². The number of nitrogens with zero attached hydrogens (tertiary/aromatic N) is 1. The van der Waals surface area contributed by atoms with Gasteiger partial charge in [-0.2, -0.15) is 0 Å². The number of aryl methyl sites for hydroxylation is 1. The summed E-state index contributed by atoms with van der Waals surface area (Å²) in [5.74, 6) is 0.0924. The number of carbonyl (C=O) groups is 2. The Hall–Kier alpha value is -2.40. The van der Waals surface area contributed by atoms with Gasteiger partial charge in [0.05, 0.1) is 7.05 Å². The van der Waals surface area contributed by atoms with E-state index in [4.69, 9.17) is 0 Å².